The Labute approximate surface area is 247 Å². The van der Waals surface area contributed by atoms with Gasteiger partial charge in [0, 0.05) is 53.3 Å². The van der Waals surface area contributed by atoms with Crippen molar-refractivity contribution < 1.29 is 38.8 Å². The molecule has 6 bridgehead atoms. The normalized spacial score (nSPS) is 49.0. The van der Waals surface area contributed by atoms with E-state index in [0.717, 1.165) is 5.57 Å². The van der Waals surface area contributed by atoms with Gasteiger partial charge in [-0.2, -0.15) is 0 Å². The van der Waals surface area contributed by atoms with Gasteiger partial charge in [0.25, 0.3) is 0 Å². The number of carbonyl (C=O) groups excluding carboxylic acids is 3. The number of ether oxygens (including phenoxy) is 3. The second kappa shape index (κ2) is 9.26. The van der Waals surface area contributed by atoms with Gasteiger partial charge in [0.1, 0.15) is 23.9 Å². The molecule has 1 aliphatic heterocycles. The molecule has 9 heteroatoms. The van der Waals surface area contributed by atoms with E-state index in [4.69, 9.17) is 14.2 Å². The lowest BCUT2D eigenvalue weighted by molar-refractivity contribution is -0.343. The van der Waals surface area contributed by atoms with Gasteiger partial charge in [0.05, 0.1) is 6.10 Å². The molecular weight excluding hydrogens is 538 g/mol. The van der Waals surface area contributed by atoms with Crippen LogP contribution in [-0.2, 0) is 28.6 Å². The third kappa shape index (κ3) is 3.33. The first-order chi connectivity index (χ1) is 19.6. The fraction of sp³-hybridized carbons (Fsp3) is 0.727. The molecule has 9 nitrogen and oxygen atoms in total. The lowest BCUT2D eigenvalue weighted by Gasteiger charge is -2.72. The lowest BCUT2D eigenvalue weighted by Crippen LogP contribution is -2.82. The zero-order valence-corrected chi connectivity index (χ0v) is 25.8. The van der Waals surface area contributed by atoms with Crippen molar-refractivity contribution in [3.05, 3.63) is 35.5 Å². The maximum atomic E-state index is 13.5. The number of esters is 3. The number of hydrogen-bond donors (Lipinski definition) is 2. The molecule has 1 heterocycles. The standard InChI is InChI=1S/C33H45NO8/c1-9-16(3)28(37)41-24-22-18(5)11-31-14-21(40-19(6)35)33(39)30(7)12-20(36)13-32(33,27(23(22)31)34(8)15-30)26(31)25(24)42-29(38)17(4)10-2/h9-10,20-27,36,39H,5,11-15H2,1-4,6-8H3/b16-9+,17-10+/t20-,21-,22?,23?,24-,25+,26+,27+,30-,31-,32-,33-/m0/s1. The minimum atomic E-state index is -1.51. The molecule has 5 saturated carbocycles. The monoisotopic (exact) mass is 583 g/mol. The van der Waals surface area contributed by atoms with Gasteiger partial charge in [0.2, 0.25) is 0 Å². The molecule has 6 rings (SSSR count). The highest BCUT2D eigenvalue weighted by molar-refractivity contribution is 5.89. The van der Waals surface area contributed by atoms with Crippen LogP contribution in [0.3, 0.4) is 0 Å². The summed E-state index contributed by atoms with van der Waals surface area (Å²) in [4.78, 5) is 41.7. The first kappa shape index (κ1) is 29.6. The number of allylic oxidation sites excluding steroid dienone is 2. The summed E-state index contributed by atoms with van der Waals surface area (Å²) in [5.74, 6) is -2.36. The summed E-state index contributed by atoms with van der Waals surface area (Å²) in [5.41, 5.74) is -2.06. The average Bonchev–Trinajstić information content (AvgIpc) is 3.18. The maximum Gasteiger partial charge on any atom is 0.333 e. The number of nitrogens with zero attached hydrogens (tertiary/aromatic N) is 1. The summed E-state index contributed by atoms with van der Waals surface area (Å²) < 4.78 is 18.8. The Balaban J connectivity index is 1.63. The molecule has 0 radical (unpaired) electrons. The summed E-state index contributed by atoms with van der Waals surface area (Å²) in [6.07, 6.45) is 1.75. The van der Waals surface area contributed by atoms with Crippen molar-refractivity contribution in [1.82, 2.24) is 4.90 Å². The summed E-state index contributed by atoms with van der Waals surface area (Å²) in [6, 6.07) is -0.240. The third-order valence-electron chi connectivity index (χ3n) is 12.4. The van der Waals surface area contributed by atoms with Gasteiger partial charge in [-0.15, -0.1) is 0 Å². The fourth-order valence-electron chi connectivity index (χ4n) is 11.4. The van der Waals surface area contributed by atoms with Crippen LogP contribution in [0.15, 0.2) is 35.5 Å². The van der Waals surface area contributed by atoms with Crippen molar-refractivity contribution in [2.45, 2.75) is 103 Å². The van der Waals surface area contributed by atoms with E-state index < -0.39 is 70.1 Å². The predicted molar refractivity (Wildman–Crippen MR) is 153 cm³/mol. The smallest absolute Gasteiger partial charge is 0.333 e. The van der Waals surface area contributed by atoms with E-state index in [-0.39, 0.29) is 24.3 Å². The van der Waals surface area contributed by atoms with Gasteiger partial charge in [0.15, 0.2) is 0 Å². The van der Waals surface area contributed by atoms with Gasteiger partial charge >= 0.3 is 17.9 Å². The van der Waals surface area contributed by atoms with E-state index in [1.54, 1.807) is 39.8 Å². The molecule has 0 aromatic carbocycles. The van der Waals surface area contributed by atoms with Gasteiger partial charge in [-0.1, -0.05) is 31.2 Å². The molecule has 2 spiro atoms. The molecule has 2 N–H and O–H groups in total. The Kier molecular flexibility index (Phi) is 6.52. The van der Waals surface area contributed by atoms with Crippen LogP contribution < -0.4 is 0 Å². The van der Waals surface area contributed by atoms with Crippen LogP contribution in [0.25, 0.3) is 0 Å². The molecule has 5 aliphatic carbocycles. The predicted octanol–water partition coefficient (Wildman–Crippen LogP) is 3.09. The molecule has 12 atom stereocenters. The summed E-state index contributed by atoms with van der Waals surface area (Å²) in [7, 11) is 2.06. The Morgan fingerprint density at radius 3 is 2.14 bits per heavy atom. The van der Waals surface area contributed by atoms with Gasteiger partial charge < -0.3 is 29.3 Å². The largest absolute Gasteiger partial charge is 0.459 e. The van der Waals surface area contributed by atoms with Gasteiger partial charge in [-0.25, -0.2) is 9.59 Å². The summed E-state index contributed by atoms with van der Waals surface area (Å²) >= 11 is 0. The molecule has 0 aromatic rings. The third-order valence-corrected chi connectivity index (χ3v) is 12.4. The van der Waals surface area contributed by atoms with Gasteiger partial charge in [-0.3, -0.25) is 4.79 Å². The minimum Gasteiger partial charge on any atom is -0.459 e. The number of carbonyl (C=O) groups is 3. The van der Waals surface area contributed by atoms with E-state index in [1.807, 2.05) is 6.92 Å². The Morgan fingerprint density at radius 1 is 0.976 bits per heavy atom. The maximum absolute atomic E-state index is 13.5. The Bertz CT molecular complexity index is 1320. The van der Waals surface area contributed by atoms with Crippen LogP contribution in [0.1, 0.15) is 67.2 Å². The molecule has 6 aliphatic rings. The van der Waals surface area contributed by atoms with E-state index >= 15 is 0 Å². The molecule has 2 unspecified atom stereocenters. The number of rotatable bonds is 5. The van der Waals surface area contributed by atoms with Crippen LogP contribution in [0, 0.1) is 34.0 Å². The van der Waals surface area contributed by atoms with Crippen LogP contribution in [0.2, 0.25) is 0 Å². The number of likely N-dealkylation sites (tertiary alicyclic amines) is 1. The zero-order chi connectivity index (χ0) is 30.7. The molecule has 0 amide bonds. The number of piperidine rings is 1. The van der Waals surface area contributed by atoms with Crippen LogP contribution >= 0.6 is 0 Å². The Morgan fingerprint density at radius 2 is 1.57 bits per heavy atom. The van der Waals surface area contributed by atoms with Crippen molar-refractivity contribution in [2.24, 2.45) is 34.0 Å². The van der Waals surface area contributed by atoms with E-state index in [9.17, 15) is 24.6 Å². The lowest BCUT2D eigenvalue weighted by atomic mass is 9.38. The highest BCUT2D eigenvalue weighted by Gasteiger charge is 2.91. The molecule has 230 valence electrons. The van der Waals surface area contributed by atoms with Crippen molar-refractivity contribution in [3.63, 3.8) is 0 Å². The topological polar surface area (TPSA) is 123 Å². The second-order valence-corrected chi connectivity index (χ2v) is 14.4. The average molecular weight is 584 g/mol. The summed E-state index contributed by atoms with van der Waals surface area (Å²) in [5, 5.41) is 24.8. The number of hydrogen-bond acceptors (Lipinski definition) is 9. The second-order valence-electron chi connectivity index (χ2n) is 14.4. The molecule has 42 heavy (non-hydrogen) atoms. The van der Waals surface area contributed by atoms with E-state index in [1.165, 1.54) is 6.92 Å². The highest BCUT2D eigenvalue weighted by Crippen LogP contribution is 2.85. The number of aliphatic hydroxyl groups is 2. The van der Waals surface area contributed by atoms with Crippen LogP contribution in [-0.4, -0.2) is 82.7 Å². The fourth-order valence-corrected chi connectivity index (χ4v) is 11.4. The van der Waals surface area contributed by atoms with E-state index in [0.29, 0.717) is 37.0 Å². The first-order valence-electron chi connectivity index (χ1n) is 15.3. The van der Waals surface area contributed by atoms with Crippen LogP contribution in [0.5, 0.6) is 0 Å². The zero-order valence-electron chi connectivity index (χ0n) is 25.8. The quantitative estimate of drug-likeness (QED) is 0.218. The molecule has 0 aromatic heterocycles. The SMILES string of the molecule is C=C1C[C@@]23C[C@H](OC(C)=O)[C@]4(O)[C@@]5(C)C[C@H](O)C[C@@]46[C@@H]2[C@H](OC(=O)/C(C)=C/C)[C@@H](OC(=O)/C(C)=C/C)C1C3[C@H]6N(C)C5. The van der Waals surface area contributed by atoms with Crippen molar-refractivity contribution in [1.29, 1.82) is 0 Å². The van der Waals surface area contributed by atoms with Crippen LogP contribution in [0.4, 0.5) is 0 Å². The van der Waals surface area contributed by atoms with Crippen molar-refractivity contribution in [2.75, 3.05) is 13.6 Å². The molecule has 1 saturated heterocycles. The van der Waals surface area contributed by atoms with Crippen molar-refractivity contribution in [3.8, 4) is 0 Å². The highest BCUT2D eigenvalue weighted by atomic mass is 16.6. The van der Waals surface area contributed by atoms with Crippen molar-refractivity contribution >= 4 is 17.9 Å². The molecular formula is C33H45NO8. The Hall–Kier alpha value is -2.49. The number of aliphatic hydroxyl groups excluding tert-OH is 1. The first-order valence-corrected chi connectivity index (χ1v) is 15.3. The summed E-state index contributed by atoms with van der Waals surface area (Å²) in [6.45, 7) is 15.3. The van der Waals surface area contributed by atoms with Gasteiger partial charge in [-0.05, 0) is 71.8 Å². The minimum absolute atomic E-state index is 0.108. The molecule has 6 fully saturated rings. The van der Waals surface area contributed by atoms with E-state index in [2.05, 4.69) is 18.5 Å².